The fourth-order valence-electron chi connectivity index (χ4n) is 1.59. The quantitative estimate of drug-likeness (QED) is 0.467. The summed E-state index contributed by atoms with van der Waals surface area (Å²) in [4.78, 5) is 16.3. The molecule has 0 unspecified atom stereocenters. The van der Waals surface area contributed by atoms with E-state index in [2.05, 4.69) is 9.99 Å². The fourth-order valence-corrected chi connectivity index (χ4v) is 2.05. The summed E-state index contributed by atoms with van der Waals surface area (Å²) in [6, 6.07) is 15.1. The van der Waals surface area contributed by atoms with Crippen molar-refractivity contribution in [1.82, 2.24) is 0 Å². The highest BCUT2D eigenvalue weighted by atomic mass is 35.5. The third-order valence-electron chi connectivity index (χ3n) is 2.63. The maximum Gasteiger partial charge on any atom is 0.372 e. The Bertz CT molecular complexity index is 771. The summed E-state index contributed by atoms with van der Waals surface area (Å²) in [5, 5.41) is 13.3. The Morgan fingerprint density at radius 2 is 1.91 bits per heavy atom. The van der Waals surface area contributed by atoms with Crippen molar-refractivity contribution >= 4 is 34.9 Å². The molecule has 23 heavy (non-hydrogen) atoms. The lowest BCUT2D eigenvalue weighted by atomic mass is 10.1. The van der Waals surface area contributed by atoms with Crippen molar-refractivity contribution in [3.63, 3.8) is 0 Å². The van der Waals surface area contributed by atoms with E-state index in [1.54, 1.807) is 36.4 Å². The van der Waals surface area contributed by atoms with Crippen LogP contribution >= 0.6 is 23.2 Å². The van der Waals surface area contributed by atoms with Gasteiger partial charge < -0.3 is 9.57 Å². The lowest BCUT2D eigenvalue weighted by Gasteiger charge is -2.06. The van der Waals surface area contributed by atoms with Crippen molar-refractivity contribution in [2.75, 3.05) is 6.61 Å². The molecule has 2 aromatic rings. The molecule has 0 spiro atoms. The first kappa shape index (κ1) is 16.8. The van der Waals surface area contributed by atoms with Crippen LogP contribution in [-0.4, -0.2) is 18.3 Å². The summed E-state index contributed by atoms with van der Waals surface area (Å²) in [5.41, 5.74) is 0.535. The third-order valence-corrected chi connectivity index (χ3v) is 3.16. The summed E-state index contributed by atoms with van der Waals surface area (Å²) in [5.74, 6) is -0.472. The number of benzene rings is 2. The van der Waals surface area contributed by atoms with Gasteiger partial charge in [0.25, 0.3) is 0 Å². The molecule has 0 aliphatic heterocycles. The lowest BCUT2D eigenvalue weighted by molar-refractivity contribution is -0.145. The van der Waals surface area contributed by atoms with E-state index in [0.29, 0.717) is 16.3 Å². The van der Waals surface area contributed by atoms with E-state index in [0.717, 1.165) is 0 Å². The Labute approximate surface area is 142 Å². The second-order valence-corrected chi connectivity index (χ2v) is 5.09. The van der Waals surface area contributed by atoms with Crippen molar-refractivity contribution < 1.29 is 14.4 Å². The van der Waals surface area contributed by atoms with E-state index in [9.17, 15) is 4.79 Å². The van der Waals surface area contributed by atoms with Gasteiger partial charge in [0.1, 0.15) is 11.8 Å². The van der Waals surface area contributed by atoms with Gasteiger partial charge in [-0.25, -0.2) is 4.79 Å². The number of oxime groups is 1. The molecule has 0 amide bonds. The predicted octanol–water partition coefficient (Wildman–Crippen LogP) is 3.84. The van der Waals surface area contributed by atoms with Gasteiger partial charge in [0.2, 0.25) is 0 Å². The molecule has 5 nitrogen and oxygen atoms in total. The van der Waals surface area contributed by atoms with Crippen molar-refractivity contribution in [3.8, 4) is 11.8 Å². The highest BCUT2D eigenvalue weighted by Gasteiger charge is 2.09. The molecule has 0 aliphatic rings. The van der Waals surface area contributed by atoms with Gasteiger partial charge in [-0.05, 0) is 18.2 Å². The van der Waals surface area contributed by atoms with Gasteiger partial charge in [-0.2, -0.15) is 5.26 Å². The van der Waals surface area contributed by atoms with Crippen molar-refractivity contribution in [1.29, 1.82) is 5.26 Å². The number of rotatable bonds is 5. The standard InChI is InChI=1S/C16H10Cl2N2O3/c17-12-6-7-15(13(18)8-12)22-10-16(21)23-20-14(9-19)11-4-2-1-3-5-11/h1-8H,10H2/b20-14+. The Morgan fingerprint density at radius 1 is 1.17 bits per heavy atom. The van der Waals surface area contributed by atoms with Crippen LogP contribution in [0.2, 0.25) is 10.0 Å². The zero-order valence-corrected chi connectivity index (χ0v) is 13.2. The van der Waals surface area contributed by atoms with Crippen LogP contribution in [0.1, 0.15) is 5.56 Å². The average molecular weight is 349 g/mol. The van der Waals surface area contributed by atoms with Crippen LogP contribution in [-0.2, 0) is 9.63 Å². The molecule has 0 aliphatic carbocycles. The van der Waals surface area contributed by atoms with E-state index < -0.39 is 12.6 Å². The molecule has 0 aromatic heterocycles. The van der Waals surface area contributed by atoms with E-state index in [1.807, 2.05) is 6.07 Å². The van der Waals surface area contributed by atoms with Crippen LogP contribution in [0.4, 0.5) is 0 Å². The maximum atomic E-state index is 11.6. The van der Waals surface area contributed by atoms with Gasteiger partial charge in [0.05, 0.1) is 5.02 Å². The second-order valence-electron chi connectivity index (χ2n) is 4.24. The van der Waals surface area contributed by atoms with E-state index in [4.69, 9.17) is 33.2 Å². The average Bonchev–Trinajstić information content (AvgIpc) is 2.55. The number of hydrogen-bond donors (Lipinski definition) is 0. The molecular formula is C16H10Cl2N2O3. The highest BCUT2D eigenvalue weighted by Crippen LogP contribution is 2.27. The molecule has 0 atom stereocenters. The molecule has 2 rings (SSSR count). The number of hydrogen-bond acceptors (Lipinski definition) is 5. The van der Waals surface area contributed by atoms with Gasteiger partial charge in [0.15, 0.2) is 12.3 Å². The van der Waals surface area contributed by atoms with E-state index in [-0.39, 0.29) is 10.7 Å². The van der Waals surface area contributed by atoms with Crippen LogP contribution < -0.4 is 4.74 Å². The minimum Gasteiger partial charge on any atom is -0.480 e. The van der Waals surface area contributed by atoms with E-state index >= 15 is 0 Å². The number of nitrogens with zero attached hydrogens (tertiary/aromatic N) is 2. The molecule has 7 heteroatoms. The molecule has 0 heterocycles. The smallest absolute Gasteiger partial charge is 0.372 e. The van der Waals surface area contributed by atoms with Crippen molar-refractivity contribution in [3.05, 3.63) is 64.1 Å². The van der Waals surface area contributed by atoms with Crippen LogP contribution in [0, 0.1) is 11.3 Å². The molecule has 0 radical (unpaired) electrons. The molecular weight excluding hydrogens is 339 g/mol. The van der Waals surface area contributed by atoms with Crippen LogP contribution in [0.25, 0.3) is 0 Å². The van der Waals surface area contributed by atoms with Gasteiger partial charge in [-0.15, -0.1) is 0 Å². The molecule has 0 N–H and O–H groups in total. The molecule has 0 fully saturated rings. The van der Waals surface area contributed by atoms with Gasteiger partial charge in [0, 0.05) is 10.6 Å². The third kappa shape index (κ3) is 4.99. The lowest BCUT2D eigenvalue weighted by Crippen LogP contribution is -2.13. The largest absolute Gasteiger partial charge is 0.480 e. The number of halogens is 2. The van der Waals surface area contributed by atoms with Gasteiger partial charge >= 0.3 is 5.97 Å². The topological polar surface area (TPSA) is 71.7 Å². The molecule has 2 aromatic carbocycles. The second kappa shape index (κ2) is 8.18. The Kier molecular flexibility index (Phi) is 5.98. The first-order valence-electron chi connectivity index (χ1n) is 6.41. The summed E-state index contributed by atoms with van der Waals surface area (Å²) >= 11 is 11.7. The highest BCUT2D eigenvalue weighted by molar-refractivity contribution is 6.35. The summed E-state index contributed by atoms with van der Waals surface area (Å²) < 4.78 is 5.21. The minimum atomic E-state index is -0.764. The van der Waals surface area contributed by atoms with E-state index in [1.165, 1.54) is 12.1 Å². The Hall–Kier alpha value is -2.55. The molecule has 116 valence electrons. The van der Waals surface area contributed by atoms with Crippen molar-refractivity contribution in [2.24, 2.45) is 5.16 Å². The first-order valence-corrected chi connectivity index (χ1v) is 7.17. The first-order chi connectivity index (χ1) is 11.1. The summed E-state index contributed by atoms with van der Waals surface area (Å²) in [7, 11) is 0. The van der Waals surface area contributed by atoms with Crippen molar-refractivity contribution in [2.45, 2.75) is 0 Å². The number of carbonyl (C=O) groups excluding carboxylic acids is 1. The molecule has 0 saturated carbocycles. The Balaban J connectivity index is 1.94. The Morgan fingerprint density at radius 3 is 2.57 bits per heavy atom. The van der Waals surface area contributed by atoms with Crippen LogP contribution in [0.3, 0.4) is 0 Å². The van der Waals surface area contributed by atoms with Gasteiger partial charge in [-0.1, -0.05) is 58.7 Å². The van der Waals surface area contributed by atoms with Crippen LogP contribution in [0.5, 0.6) is 5.75 Å². The maximum absolute atomic E-state index is 11.6. The predicted molar refractivity (Wildman–Crippen MR) is 86.6 cm³/mol. The fraction of sp³-hybridized carbons (Fsp3) is 0.0625. The van der Waals surface area contributed by atoms with Gasteiger partial charge in [-0.3, -0.25) is 0 Å². The number of ether oxygens (including phenoxy) is 1. The molecule has 0 saturated heterocycles. The summed E-state index contributed by atoms with van der Waals surface area (Å²) in [6.07, 6.45) is 0. The number of carbonyl (C=O) groups is 1. The minimum absolute atomic E-state index is 0.0107. The number of nitriles is 1. The monoisotopic (exact) mass is 348 g/mol. The zero-order chi connectivity index (χ0) is 16.7. The zero-order valence-electron chi connectivity index (χ0n) is 11.7. The molecule has 0 bridgehead atoms. The normalized spacial score (nSPS) is 10.7. The SMILES string of the molecule is N#C/C(=N\OC(=O)COc1ccc(Cl)cc1Cl)c1ccccc1. The summed E-state index contributed by atoms with van der Waals surface area (Å²) in [6.45, 7) is -0.404. The van der Waals surface area contributed by atoms with Crippen LogP contribution in [0.15, 0.2) is 53.7 Å².